The minimum atomic E-state index is -0.644. The summed E-state index contributed by atoms with van der Waals surface area (Å²) in [6, 6.07) is 101. The highest BCUT2D eigenvalue weighted by atomic mass is 15.2. The van der Waals surface area contributed by atoms with Gasteiger partial charge in [0.25, 0.3) is 0 Å². The zero-order valence-electron chi connectivity index (χ0n) is 51.3. The largest absolute Gasteiger partial charge is 0.309 e. The molecular weight excluding hydrogens is 1070 g/mol. The van der Waals surface area contributed by atoms with Crippen LogP contribution in [0.1, 0.15) is 94.5 Å². The summed E-state index contributed by atoms with van der Waals surface area (Å²) in [5.41, 5.74) is 24.9. The highest BCUT2D eigenvalue weighted by molar-refractivity contribution is 6.28. The van der Waals surface area contributed by atoms with Crippen LogP contribution in [-0.4, -0.2) is 0 Å². The zero-order valence-corrected chi connectivity index (χ0v) is 51.3. The number of para-hydroxylation sites is 2. The van der Waals surface area contributed by atoms with Gasteiger partial charge in [-0.2, -0.15) is 0 Å². The Hall–Kier alpha value is -10.3. The molecule has 0 amide bonds. The van der Waals surface area contributed by atoms with Gasteiger partial charge >= 0.3 is 0 Å². The summed E-state index contributed by atoms with van der Waals surface area (Å²) in [7, 11) is 0. The lowest BCUT2D eigenvalue weighted by molar-refractivity contribution is 0.737. The van der Waals surface area contributed by atoms with E-state index in [1.165, 1.54) is 122 Å². The first-order chi connectivity index (χ1) is 43.9. The minimum Gasteiger partial charge on any atom is -0.309 e. The van der Waals surface area contributed by atoms with Crippen LogP contribution in [0.15, 0.2) is 303 Å². The Morgan fingerprint density at radius 1 is 0.348 bits per heavy atom. The first-order valence-corrected chi connectivity index (χ1v) is 32.1. The topological polar surface area (TPSA) is 6.48 Å². The van der Waals surface area contributed by atoms with E-state index in [4.69, 9.17) is 6.58 Å². The lowest BCUT2D eigenvalue weighted by atomic mass is 9.63. The molecule has 15 rings (SSSR count). The van der Waals surface area contributed by atoms with E-state index in [1.807, 2.05) is 0 Å². The summed E-state index contributed by atoms with van der Waals surface area (Å²) in [5.74, 6) is 0. The maximum Gasteiger partial charge on any atom is 0.0713 e. The van der Waals surface area contributed by atoms with Crippen molar-refractivity contribution in [2.45, 2.75) is 70.6 Å². The number of allylic oxidation sites excluding steroid dienone is 5. The third-order valence-electron chi connectivity index (χ3n) is 19.7. The van der Waals surface area contributed by atoms with E-state index in [9.17, 15) is 0 Å². The summed E-state index contributed by atoms with van der Waals surface area (Å²) in [5, 5.41) is 7.43. The van der Waals surface area contributed by atoms with Gasteiger partial charge in [0.2, 0.25) is 0 Å². The van der Waals surface area contributed by atoms with Gasteiger partial charge in [-0.25, -0.2) is 0 Å². The van der Waals surface area contributed by atoms with Crippen molar-refractivity contribution in [3.05, 3.63) is 370 Å². The Morgan fingerprint density at radius 3 is 1.21 bits per heavy atom. The van der Waals surface area contributed by atoms with Gasteiger partial charge in [-0.05, 0) is 174 Å². The van der Waals surface area contributed by atoms with Crippen LogP contribution < -0.4 is 9.80 Å². The van der Waals surface area contributed by atoms with E-state index >= 15 is 0 Å². The molecule has 0 aromatic heterocycles. The van der Waals surface area contributed by atoms with Crippen molar-refractivity contribution in [2.24, 2.45) is 0 Å². The van der Waals surface area contributed by atoms with Gasteiger partial charge in [-0.1, -0.05) is 289 Å². The average Bonchev–Trinajstić information content (AvgIpc) is 1.71. The molecule has 2 aliphatic carbocycles. The molecule has 2 aliphatic rings. The molecule has 89 heavy (non-hydrogen) atoms. The molecule has 0 radical (unpaired) electrons. The van der Waals surface area contributed by atoms with Crippen LogP contribution in [0.2, 0.25) is 0 Å². The molecule has 2 nitrogen and oxygen atoms in total. The third kappa shape index (κ3) is 8.67. The van der Waals surface area contributed by atoms with Gasteiger partial charge in [-0.3, -0.25) is 0 Å². The number of hydrogen-bond acceptors (Lipinski definition) is 2. The Bertz CT molecular complexity index is 4780. The van der Waals surface area contributed by atoms with E-state index in [2.05, 4.69) is 329 Å². The monoisotopic (exact) mass is 1140 g/mol. The summed E-state index contributed by atoms with van der Waals surface area (Å²) >= 11 is 0. The molecule has 0 aliphatic heterocycles. The summed E-state index contributed by atoms with van der Waals surface area (Å²) in [6.07, 6.45) is 13.2. The van der Waals surface area contributed by atoms with Crippen molar-refractivity contribution in [1.82, 2.24) is 0 Å². The highest BCUT2D eigenvalue weighted by Crippen LogP contribution is 2.57. The standard InChI is InChI=1S/C87H72N2/c1-6-60-30-25-31-61(7-2)84(60)88(71-51-47-69(48-52-71)86(67-34-15-11-16-35-67)59(5)27-13-10-14-28-64-29-19-22-40-77(64)86)80-57-45-65-44-56-76-81(58-46-66-43-55-75(80)82(65)83(66)76)89(85-62(8-3)32-26-33-63(85)9-4)72-53-49-70(50-54-72)87(68-36-17-12-18-37-68)78-41-23-20-38-73(78)74-39-21-24-42-79(74)87/h10-27,29-58H,5-9,28H2,1-4H3/b14-10-,27-13-. The fraction of sp³-hybridized carbons (Fsp3) is 0.126. The smallest absolute Gasteiger partial charge is 0.0713 e. The van der Waals surface area contributed by atoms with Gasteiger partial charge in [0.05, 0.1) is 33.6 Å². The fourth-order valence-electron chi connectivity index (χ4n) is 15.7. The van der Waals surface area contributed by atoms with E-state index in [0.29, 0.717) is 0 Å². The third-order valence-corrected chi connectivity index (χ3v) is 19.7. The van der Waals surface area contributed by atoms with Crippen molar-refractivity contribution in [1.29, 1.82) is 0 Å². The maximum atomic E-state index is 4.91. The van der Waals surface area contributed by atoms with E-state index in [-0.39, 0.29) is 0 Å². The van der Waals surface area contributed by atoms with Crippen LogP contribution >= 0.6 is 0 Å². The Morgan fingerprint density at radius 2 is 0.742 bits per heavy atom. The Balaban J connectivity index is 0.935. The number of fused-ring (bicyclic) bond motifs is 4. The quantitative estimate of drug-likeness (QED) is 0.100. The molecule has 0 saturated carbocycles. The molecule has 1 atom stereocenters. The van der Waals surface area contributed by atoms with E-state index < -0.39 is 10.8 Å². The Labute approximate surface area is 525 Å². The molecule has 0 spiro atoms. The number of benzene rings is 13. The second-order valence-electron chi connectivity index (χ2n) is 24.1. The molecular formula is C87H72N2. The van der Waals surface area contributed by atoms with Gasteiger partial charge in [0.1, 0.15) is 0 Å². The van der Waals surface area contributed by atoms with Crippen LogP contribution in [-0.2, 0) is 42.9 Å². The van der Waals surface area contributed by atoms with Crippen LogP contribution in [0.3, 0.4) is 0 Å². The van der Waals surface area contributed by atoms with Gasteiger partial charge in [0.15, 0.2) is 0 Å². The van der Waals surface area contributed by atoms with Crippen LogP contribution in [0.5, 0.6) is 0 Å². The van der Waals surface area contributed by atoms with Crippen LogP contribution in [0.4, 0.5) is 34.1 Å². The zero-order chi connectivity index (χ0) is 60.2. The lowest BCUT2D eigenvalue weighted by Gasteiger charge is -2.39. The summed E-state index contributed by atoms with van der Waals surface area (Å²) in [4.78, 5) is 5.18. The molecule has 1 unspecified atom stereocenters. The number of aryl methyl sites for hydroxylation is 4. The van der Waals surface area contributed by atoms with Crippen molar-refractivity contribution in [3.8, 4) is 11.1 Å². The van der Waals surface area contributed by atoms with E-state index in [0.717, 1.165) is 60.4 Å². The maximum absolute atomic E-state index is 4.91. The Kier molecular flexibility index (Phi) is 14.2. The second-order valence-corrected chi connectivity index (χ2v) is 24.1. The summed E-state index contributed by atoms with van der Waals surface area (Å²) in [6.45, 7) is 14.1. The van der Waals surface area contributed by atoms with Crippen LogP contribution in [0.25, 0.3) is 43.4 Å². The van der Waals surface area contributed by atoms with E-state index in [1.54, 1.807) is 0 Å². The predicted octanol–water partition coefficient (Wildman–Crippen LogP) is 22.7. The molecule has 0 bridgehead atoms. The first-order valence-electron chi connectivity index (χ1n) is 32.1. The van der Waals surface area contributed by atoms with Crippen molar-refractivity contribution in [3.63, 3.8) is 0 Å². The van der Waals surface area contributed by atoms with Crippen molar-refractivity contribution < 1.29 is 0 Å². The van der Waals surface area contributed by atoms with Gasteiger partial charge in [0, 0.05) is 22.1 Å². The fourth-order valence-corrected chi connectivity index (χ4v) is 15.7. The van der Waals surface area contributed by atoms with Gasteiger partial charge < -0.3 is 9.80 Å². The first kappa shape index (κ1) is 55.3. The lowest BCUT2D eigenvalue weighted by Crippen LogP contribution is -2.32. The molecule has 0 heterocycles. The number of nitrogens with zero attached hydrogens (tertiary/aromatic N) is 2. The number of rotatable bonds is 14. The second kappa shape index (κ2) is 22.8. The molecule has 0 N–H and O–H groups in total. The molecule has 0 saturated heterocycles. The highest BCUT2D eigenvalue weighted by Gasteiger charge is 2.46. The SMILES string of the molecule is C=C1/C=C\C=C/Cc2ccccc2C1(c1ccccc1)c1ccc(N(c2c(CC)cccc2CC)c2ccc3ccc4c(N(c5ccc(C6(c7ccccc7)c7ccccc7-c7ccccc76)cc5)c5c(CC)cccc5CC)ccc5ccc2c3c54)cc1. The molecule has 2 heteroatoms. The number of hydrogen-bond donors (Lipinski definition) is 0. The molecule has 13 aromatic rings. The molecule has 13 aromatic carbocycles. The normalized spacial score (nSPS) is 15.7. The average molecular weight is 1150 g/mol. The minimum absolute atomic E-state index is 0.501. The molecule has 430 valence electrons. The predicted molar refractivity (Wildman–Crippen MR) is 378 cm³/mol. The summed E-state index contributed by atoms with van der Waals surface area (Å²) < 4.78 is 0. The van der Waals surface area contributed by atoms with Gasteiger partial charge in [-0.15, -0.1) is 0 Å². The van der Waals surface area contributed by atoms with Crippen molar-refractivity contribution >= 4 is 66.4 Å². The van der Waals surface area contributed by atoms with Crippen LogP contribution in [0, 0.1) is 0 Å². The number of anilines is 6. The van der Waals surface area contributed by atoms with Crippen molar-refractivity contribution in [2.75, 3.05) is 9.80 Å². The molecule has 0 fully saturated rings.